The summed E-state index contributed by atoms with van der Waals surface area (Å²) < 4.78 is 10.6. The van der Waals surface area contributed by atoms with E-state index < -0.39 is 0 Å². The van der Waals surface area contributed by atoms with Crippen LogP contribution >= 0.6 is 11.6 Å². The first kappa shape index (κ1) is 14.6. The number of allylic oxidation sites excluding steroid dienone is 1. The van der Waals surface area contributed by atoms with Gasteiger partial charge in [0.15, 0.2) is 11.5 Å². The summed E-state index contributed by atoms with van der Waals surface area (Å²) in [6.07, 6.45) is 3.01. The molecule has 0 aliphatic rings. The van der Waals surface area contributed by atoms with Crippen molar-refractivity contribution in [3.8, 4) is 23.6 Å². The van der Waals surface area contributed by atoms with Crippen molar-refractivity contribution in [2.75, 3.05) is 13.7 Å². The van der Waals surface area contributed by atoms with Crippen molar-refractivity contribution in [1.82, 2.24) is 0 Å². The zero-order chi connectivity index (χ0) is 14.3. The Bertz CT molecular complexity index is 579. The van der Waals surface area contributed by atoms with Crippen LogP contribution in [0.15, 0.2) is 30.4 Å². The van der Waals surface area contributed by atoms with E-state index in [1.807, 2.05) is 0 Å². The Hall–Kier alpha value is -2.43. The Morgan fingerprint density at radius 2 is 2.11 bits per heavy atom. The van der Waals surface area contributed by atoms with E-state index >= 15 is 0 Å². The molecule has 0 unspecified atom stereocenters. The molecule has 19 heavy (non-hydrogen) atoms. The van der Waals surface area contributed by atoms with Crippen LogP contribution in [-0.4, -0.2) is 13.7 Å². The van der Waals surface area contributed by atoms with Crippen LogP contribution in [-0.2, 0) is 0 Å². The molecule has 0 aromatic heterocycles. The summed E-state index contributed by atoms with van der Waals surface area (Å²) in [5, 5.41) is 17.8. The monoisotopic (exact) mass is 274 g/mol. The maximum atomic E-state index is 8.71. The van der Waals surface area contributed by atoms with Gasteiger partial charge in [0, 0.05) is 0 Å². The minimum atomic E-state index is -0.0159. The molecule has 0 aliphatic heterocycles. The molecular weight excluding hydrogens is 264 g/mol. The molecule has 4 nitrogen and oxygen atoms in total. The van der Waals surface area contributed by atoms with Crippen molar-refractivity contribution >= 4 is 17.7 Å². The normalized spacial score (nSPS) is 8.84. The summed E-state index contributed by atoms with van der Waals surface area (Å²) >= 11 is 6.08. The fourth-order valence-corrected chi connectivity index (χ4v) is 1.64. The number of nitrogens with zero attached hydrogens (tertiary/aromatic N) is 2. The molecule has 0 N–H and O–H groups in total. The molecule has 0 atom stereocenters. The third kappa shape index (κ3) is 3.77. The maximum Gasteiger partial charge on any atom is 0.180 e. The van der Waals surface area contributed by atoms with E-state index in [4.69, 9.17) is 31.6 Å². The first-order valence-electron chi connectivity index (χ1n) is 5.29. The van der Waals surface area contributed by atoms with Gasteiger partial charge in [-0.1, -0.05) is 24.3 Å². The largest absolute Gasteiger partial charge is 0.493 e. The van der Waals surface area contributed by atoms with Gasteiger partial charge in [-0.15, -0.1) is 0 Å². The van der Waals surface area contributed by atoms with Gasteiger partial charge in [-0.05, 0) is 23.8 Å². The number of halogens is 1. The molecular formula is C14H11ClN2O2. The number of methoxy groups -OCH3 is 1. The summed E-state index contributed by atoms with van der Waals surface area (Å²) in [5.41, 5.74) is 0.573. The molecule has 0 saturated carbocycles. The summed E-state index contributed by atoms with van der Waals surface area (Å²) in [4.78, 5) is 0. The SMILES string of the molecule is C=CCOc1c(Cl)cc(C=C(C#N)C#N)cc1OC. The third-order valence-electron chi connectivity index (χ3n) is 2.15. The molecule has 1 aromatic carbocycles. The van der Waals surface area contributed by atoms with Gasteiger partial charge < -0.3 is 9.47 Å². The van der Waals surface area contributed by atoms with Gasteiger partial charge >= 0.3 is 0 Å². The zero-order valence-electron chi connectivity index (χ0n) is 10.3. The second-order valence-corrected chi connectivity index (χ2v) is 3.82. The average molecular weight is 275 g/mol. The van der Waals surface area contributed by atoms with Gasteiger partial charge in [-0.2, -0.15) is 10.5 Å². The third-order valence-corrected chi connectivity index (χ3v) is 2.43. The van der Waals surface area contributed by atoms with Crippen molar-refractivity contribution in [3.05, 3.63) is 40.9 Å². The van der Waals surface area contributed by atoms with Gasteiger partial charge in [0.1, 0.15) is 24.3 Å². The van der Waals surface area contributed by atoms with Crippen LogP contribution in [0.5, 0.6) is 11.5 Å². The van der Waals surface area contributed by atoms with Crippen LogP contribution in [0.3, 0.4) is 0 Å². The predicted octanol–water partition coefficient (Wildman–Crippen LogP) is 3.34. The molecule has 0 heterocycles. The molecule has 5 heteroatoms. The standard InChI is InChI=1S/C14H11ClN2O2/c1-3-4-19-14-12(15)6-10(7-13(14)18-2)5-11(8-16)9-17/h3,5-7H,1,4H2,2H3. The van der Waals surface area contributed by atoms with E-state index in [1.54, 1.807) is 30.3 Å². The van der Waals surface area contributed by atoms with Crippen LogP contribution in [0.2, 0.25) is 5.02 Å². The fourth-order valence-electron chi connectivity index (χ4n) is 1.36. The minimum absolute atomic E-state index is 0.0159. The lowest BCUT2D eigenvalue weighted by Crippen LogP contribution is -1.97. The highest BCUT2D eigenvalue weighted by molar-refractivity contribution is 6.32. The van der Waals surface area contributed by atoms with Crippen LogP contribution in [0.4, 0.5) is 0 Å². The highest BCUT2D eigenvalue weighted by Crippen LogP contribution is 2.36. The first-order valence-corrected chi connectivity index (χ1v) is 5.67. The number of hydrogen-bond acceptors (Lipinski definition) is 4. The van der Waals surface area contributed by atoms with Gasteiger partial charge in [-0.25, -0.2) is 0 Å². The van der Waals surface area contributed by atoms with E-state index in [0.717, 1.165) is 0 Å². The van der Waals surface area contributed by atoms with E-state index in [2.05, 4.69) is 6.58 Å². The fraction of sp³-hybridized carbons (Fsp3) is 0.143. The lowest BCUT2D eigenvalue weighted by atomic mass is 10.1. The summed E-state index contributed by atoms with van der Waals surface area (Å²) in [5.74, 6) is 0.826. The van der Waals surface area contributed by atoms with Gasteiger partial charge in [0.05, 0.1) is 12.1 Å². The second kappa shape index (κ2) is 7.10. The highest BCUT2D eigenvalue weighted by Gasteiger charge is 2.11. The average Bonchev–Trinajstić information content (AvgIpc) is 2.43. The van der Waals surface area contributed by atoms with Crippen LogP contribution in [0.25, 0.3) is 6.08 Å². The number of nitriles is 2. The Labute approximate surface area is 116 Å². The van der Waals surface area contributed by atoms with Crippen molar-refractivity contribution in [2.45, 2.75) is 0 Å². The molecule has 0 bridgehead atoms. The smallest absolute Gasteiger partial charge is 0.180 e. The topological polar surface area (TPSA) is 66.0 Å². The van der Waals surface area contributed by atoms with E-state index in [9.17, 15) is 0 Å². The van der Waals surface area contributed by atoms with Crippen LogP contribution in [0.1, 0.15) is 5.56 Å². The molecule has 0 spiro atoms. The number of rotatable bonds is 5. The summed E-state index contributed by atoms with van der Waals surface area (Å²) in [7, 11) is 1.48. The quantitative estimate of drug-likeness (QED) is 0.610. The van der Waals surface area contributed by atoms with E-state index in [0.29, 0.717) is 28.7 Å². The van der Waals surface area contributed by atoms with Crippen molar-refractivity contribution < 1.29 is 9.47 Å². The van der Waals surface area contributed by atoms with E-state index in [1.165, 1.54) is 13.2 Å². The number of hydrogen-bond donors (Lipinski definition) is 0. The molecule has 0 fully saturated rings. The highest BCUT2D eigenvalue weighted by atomic mass is 35.5. The Kier molecular flexibility index (Phi) is 5.47. The molecule has 0 saturated heterocycles. The van der Waals surface area contributed by atoms with Gasteiger partial charge in [-0.3, -0.25) is 0 Å². The zero-order valence-corrected chi connectivity index (χ0v) is 11.1. The summed E-state index contributed by atoms with van der Waals surface area (Å²) in [6.45, 7) is 3.85. The van der Waals surface area contributed by atoms with Crippen LogP contribution in [0, 0.1) is 22.7 Å². The molecule has 0 radical (unpaired) electrons. The van der Waals surface area contributed by atoms with Gasteiger partial charge in [0.2, 0.25) is 0 Å². The molecule has 0 aliphatic carbocycles. The van der Waals surface area contributed by atoms with Crippen molar-refractivity contribution in [1.29, 1.82) is 10.5 Å². The van der Waals surface area contributed by atoms with E-state index in [-0.39, 0.29) is 5.57 Å². The Balaban J connectivity index is 3.24. The molecule has 1 aromatic rings. The molecule has 1 rings (SSSR count). The molecule has 96 valence electrons. The number of ether oxygens (including phenoxy) is 2. The van der Waals surface area contributed by atoms with Gasteiger partial charge in [0.25, 0.3) is 0 Å². The maximum absolute atomic E-state index is 8.71. The second-order valence-electron chi connectivity index (χ2n) is 3.42. The number of benzene rings is 1. The predicted molar refractivity (Wildman–Crippen MR) is 72.9 cm³/mol. The Morgan fingerprint density at radius 3 is 2.63 bits per heavy atom. The van der Waals surface area contributed by atoms with Crippen molar-refractivity contribution in [3.63, 3.8) is 0 Å². The Morgan fingerprint density at radius 1 is 1.42 bits per heavy atom. The lowest BCUT2D eigenvalue weighted by molar-refractivity contribution is 0.326. The van der Waals surface area contributed by atoms with Crippen LogP contribution < -0.4 is 9.47 Å². The first-order chi connectivity index (χ1) is 9.15. The summed E-state index contributed by atoms with van der Waals surface area (Å²) in [6, 6.07) is 6.79. The lowest BCUT2D eigenvalue weighted by Gasteiger charge is -2.12. The minimum Gasteiger partial charge on any atom is -0.493 e. The van der Waals surface area contributed by atoms with Crippen molar-refractivity contribution in [2.24, 2.45) is 0 Å². The molecule has 0 amide bonds.